The summed E-state index contributed by atoms with van der Waals surface area (Å²) in [5.41, 5.74) is -1.60. The first-order chi connectivity index (χ1) is 10.8. The molecular formula is C14H14ClF2N3O3. The molecule has 1 aliphatic carbocycles. The summed E-state index contributed by atoms with van der Waals surface area (Å²) >= 11 is 5.88. The van der Waals surface area contributed by atoms with E-state index in [1.54, 1.807) is 0 Å². The SMILES string of the molecule is O=C(NCC1CC2(CN1)CC2(F)F)c1c(Cl)cccc1[N+](=O)[O-]. The zero-order valence-electron chi connectivity index (χ0n) is 11.9. The number of nitro benzene ring substituents is 1. The van der Waals surface area contributed by atoms with Gasteiger partial charge in [-0.3, -0.25) is 14.9 Å². The van der Waals surface area contributed by atoms with Gasteiger partial charge in [0.2, 0.25) is 0 Å². The van der Waals surface area contributed by atoms with Gasteiger partial charge in [0.05, 0.1) is 15.4 Å². The van der Waals surface area contributed by atoms with Crippen molar-refractivity contribution in [1.82, 2.24) is 10.6 Å². The predicted molar refractivity (Wildman–Crippen MR) is 78.8 cm³/mol. The Morgan fingerprint density at radius 1 is 1.52 bits per heavy atom. The number of rotatable bonds is 4. The van der Waals surface area contributed by atoms with Crippen LogP contribution in [0.5, 0.6) is 0 Å². The highest BCUT2D eigenvalue weighted by Crippen LogP contribution is 2.64. The van der Waals surface area contributed by atoms with E-state index in [9.17, 15) is 23.7 Å². The van der Waals surface area contributed by atoms with Crippen molar-refractivity contribution < 1.29 is 18.5 Å². The Kier molecular flexibility index (Phi) is 3.76. The first-order valence-corrected chi connectivity index (χ1v) is 7.46. The second-order valence-corrected chi connectivity index (χ2v) is 6.45. The number of nitro groups is 1. The molecule has 2 aliphatic rings. The van der Waals surface area contributed by atoms with Crippen LogP contribution in [0.3, 0.4) is 0 Å². The van der Waals surface area contributed by atoms with Crippen LogP contribution in [-0.2, 0) is 0 Å². The van der Waals surface area contributed by atoms with E-state index >= 15 is 0 Å². The lowest BCUT2D eigenvalue weighted by Gasteiger charge is -2.12. The van der Waals surface area contributed by atoms with Crippen LogP contribution in [0.4, 0.5) is 14.5 Å². The summed E-state index contributed by atoms with van der Waals surface area (Å²) in [7, 11) is 0. The maximum absolute atomic E-state index is 13.3. The van der Waals surface area contributed by atoms with Crippen molar-refractivity contribution in [3.8, 4) is 0 Å². The van der Waals surface area contributed by atoms with Crippen LogP contribution in [-0.4, -0.2) is 35.9 Å². The Balaban J connectivity index is 1.64. The number of hydrogen-bond acceptors (Lipinski definition) is 4. The lowest BCUT2D eigenvalue weighted by Crippen LogP contribution is -2.37. The molecule has 1 aliphatic heterocycles. The molecule has 1 spiro atoms. The minimum atomic E-state index is -2.64. The summed E-state index contributed by atoms with van der Waals surface area (Å²) in [4.78, 5) is 22.5. The Bertz CT molecular complexity index is 685. The van der Waals surface area contributed by atoms with Crippen LogP contribution >= 0.6 is 11.6 Å². The third-order valence-corrected chi connectivity index (χ3v) is 4.82. The number of carbonyl (C=O) groups is 1. The van der Waals surface area contributed by atoms with Crippen molar-refractivity contribution in [2.75, 3.05) is 13.1 Å². The Morgan fingerprint density at radius 2 is 2.22 bits per heavy atom. The highest BCUT2D eigenvalue weighted by Gasteiger charge is 2.72. The molecule has 3 rings (SSSR count). The monoisotopic (exact) mass is 345 g/mol. The average molecular weight is 346 g/mol. The summed E-state index contributed by atoms with van der Waals surface area (Å²) in [5.74, 6) is -3.33. The van der Waals surface area contributed by atoms with Crippen molar-refractivity contribution in [2.24, 2.45) is 5.41 Å². The number of hydrogen-bond donors (Lipinski definition) is 2. The van der Waals surface area contributed by atoms with Crippen molar-refractivity contribution in [1.29, 1.82) is 0 Å². The van der Waals surface area contributed by atoms with Crippen LogP contribution in [0.1, 0.15) is 23.2 Å². The fraction of sp³-hybridized carbons (Fsp3) is 0.500. The van der Waals surface area contributed by atoms with E-state index in [-0.39, 0.29) is 48.2 Å². The van der Waals surface area contributed by atoms with Crippen molar-refractivity contribution in [3.05, 3.63) is 38.9 Å². The number of nitrogens with one attached hydrogen (secondary N) is 2. The van der Waals surface area contributed by atoms with Crippen LogP contribution in [0.2, 0.25) is 5.02 Å². The summed E-state index contributed by atoms with van der Waals surface area (Å²) in [5, 5.41) is 16.4. The van der Waals surface area contributed by atoms with Gasteiger partial charge in [-0.25, -0.2) is 8.78 Å². The smallest absolute Gasteiger partial charge is 0.283 e. The molecule has 9 heteroatoms. The van der Waals surface area contributed by atoms with Crippen LogP contribution in [0, 0.1) is 15.5 Å². The number of halogens is 3. The van der Waals surface area contributed by atoms with Gasteiger partial charge in [0.25, 0.3) is 17.5 Å². The van der Waals surface area contributed by atoms with E-state index in [0.29, 0.717) is 0 Å². The van der Waals surface area contributed by atoms with E-state index in [0.717, 1.165) is 0 Å². The predicted octanol–water partition coefficient (Wildman–Crippen LogP) is 2.37. The number of nitrogens with zero attached hydrogens (tertiary/aromatic N) is 1. The molecule has 1 aromatic rings. The summed E-state index contributed by atoms with van der Waals surface area (Å²) in [6, 6.07) is 3.67. The van der Waals surface area contributed by atoms with Crippen molar-refractivity contribution >= 4 is 23.2 Å². The first kappa shape index (κ1) is 16.1. The number of carbonyl (C=O) groups excluding carboxylic acids is 1. The molecule has 2 fully saturated rings. The Labute approximate surface area is 135 Å². The van der Waals surface area contributed by atoms with E-state index in [1.807, 2.05) is 0 Å². The average Bonchev–Trinajstić information content (AvgIpc) is 2.81. The molecule has 2 N–H and O–H groups in total. The molecule has 1 saturated carbocycles. The van der Waals surface area contributed by atoms with E-state index in [4.69, 9.17) is 11.6 Å². The van der Waals surface area contributed by atoms with Crippen LogP contribution < -0.4 is 10.6 Å². The highest BCUT2D eigenvalue weighted by molar-refractivity contribution is 6.34. The van der Waals surface area contributed by atoms with Crippen molar-refractivity contribution in [3.63, 3.8) is 0 Å². The molecular weight excluding hydrogens is 332 g/mol. The number of benzene rings is 1. The first-order valence-electron chi connectivity index (χ1n) is 7.08. The second kappa shape index (κ2) is 5.38. The van der Waals surface area contributed by atoms with Gasteiger partial charge in [-0.15, -0.1) is 0 Å². The molecule has 1 heterocycles. The molecule has 6 nitrogen and oxygen atoms in total. The topological polar surface area (TPSA) is 84.3 Å². The van der Waals surface area contributed by atoms with E-state index in [1.165, 1.54) is 18.2 Å². The quantitative estimate of drug-likeness (QED) is 0.648. The lowest BCUT2D eigenvalue weighted by molar-refractivity contribution is -0.385. The third-order valence-electron chi connectivity index (χ3n) is 4.50. The molecule has 2 unspecified atom stereocenters. The van der Waals surface area contributed by atoms with Gasteiger partial charge >= 0.3 is 0 Å². The minimum Gasteiger partial charge on any atom is -0.350 e. The minimum absolute atomic E-state index is 0.0266. The van der Waals surface area contributed by atoms with Gasteiger partial charge in [-0.2, -0.15) is 0 Å². The maximum atomic E-state index is 13.3. The van der Waals surface area contributed by atoms with E-state index < -0.39 is 22.2 Å². The van der Waals surface area contributed by atoms with Crippen molar-refractivity contribution in [2.45, 2.75) is 24.8 Å². The van der Waals surface area contributed by atoms with Gasteiger partial charge in [0, 0.05) is 31.6 Å². The molecule has 0 aromatic heterocycles. The standard InChI is InChI=1S/C14H14ClF2N3O3/c15-9-2-1-3-10(20(22)23)11(9)12(21)18-5-8-4-13(7-19-8)6-14(13,16)17/h1-3,8,19H,4-7H2,(H,18,21). The zero-order valence-corrected chi connectivity index (χ0v) is 12.7. The van der Waals surface area contributed by atoms with Crippen LogP contribution in [0.25, 0.3) is 0 Å². The zero-order chi connectivity index (χ0) is 16.8. The van der Waals surface area contributed by atoms with Gasteiger partial charge < -0.3 is 10.6 Å². The molecule has 124 valence electrons. The number of alkyl halides is 2. The Hall–Kier alpha value is -1.80. The van der Waals surface area contributed by atoms with Gasteiger partial charge in [0.1, 0.15) is 5.56 Å². The third kappa shape index (κ3) is 2.76. The summed E-state index contributed by atoms with van der Waals surface area (Å²) in [6.07, 6.45) is 0.137. The lowest BCUT2D eigenvalue weighted by atomic mass is 10.0. The maximum Gasteiger partial charge on any atom is 0.283 e. The Morgan fingerprint density at radius 3 is 2.78 bits per heavy atom. The number of amides is 1. The van der Waals surface area contributed by atoms with Gasteiger partial charge in [-0.1, -0.05) is 17.7 Å². The van der Waals surface area contributed by atoms with Crippen LogP contribution in [0.15, 0.2) is 18.2 Å². The fourth-order valence-electron chi connectivity index (χ4n) is 3.09. The van der Waals surface area contributed by atoms with E-state index in [2.05, 4.69) is 10.6 Å². The molecule has 23 heavy (non-hydrogen) atoms. The molecule has 1 amide bonds. The van der Waals surface area contributed by atoms with Gasteiger partial charge in [-0.05, 0) is 12.5 Å². The normalized spacial score (nSPS) is 27.9. The molecule has 1 aromatic carbocycles. The molecule has 1 saturated heterocycles. The summed E-state index contributed by atoms with van der Waals surface area (Å²) < 4.78 is 26.6. The summed E-state index contributed by atoms with van der Waals surface area (Å²) in [6.45, 7) is 0.325. The second-order valence-electron chi connectivity index (χ2n) is 6.04. The molecule has 2 atom stereocenters. The molecule has 0 bridgehead atoms. The highest BCUT2D eigenvalue weighted by atomic mass is 35.5. The van der Waals surface area contributed by atoms with Gasteiger partial charge in [0.15, 0.2) is 0 Å². The molecule has 0 radical (unpaired) electrons. The fourth-order valence-corrected chi connectivity index (χ4v) is 3.34. The largest absolute Gasteiger partial charge is 0.350 e.